The van der Waals surface area contributed by atoms with Crippen molar-refractivity contribution in [3.05, 3.63) is 65.5 Å². The van der Waals surface area contributed by atoms with Crippen LogP contribution in [0.3, 0.4) is 0 Å². The number of sulfonamides is 1. The number of hydrogen-bond donors (Lipinski definition) is 0. The minimum atomic E-state index is -3.60. The Hall–Kier alpha value is -2.45. The standard InChI is InChI=1S/C23H28FN3O3S/c1-18-7-10-23(19-5-3-2-4-6-19)31(29,30)27(18)16-20-8-9-21(15-22(20)24)26-13-11-25(17-28)12-14-26/h2-6,8-9,15,17-18,23H,7,10-14,16H2,1H3/t18-,23?/m0/s1. The Bertz CT molecular complexity index is 1020. The van der Waals surface area contributed by atoms with E-state index in [0.29, 0.717) is 38.2 Å². The fraction of sp³-hybridized carbons (Fsp3) is 0.435. The van der Waals surface area contributed by atoms with Crippen molar-refractivity contribution in [3.8, 4) is 0 Å². The zero-order valence-corrected chi connectivity index (χ0v) is 18.5. The molecule has 0 saturated carbocycles. The first-order valence-electron chi connectivity index (χ1n) is 10.7. The monoisotopic (exact) mass is 445 g/mol. The number of piperazine rings is 1. The van der Waals surface area contributed by atoms with Crippen molar-refractivity contribution in [3.63, 3.8) is 0 Å². The molecule has 2 heterocycles. The lowest BCUT2D eigenvalue weighted by Gasteiger charge is -2.37. The number of anilines is 1. The van der Waals surface area contributed by atoms with Gasteiger partial charge in [-0.15, -0.1) is 0 Å². The molecule has 2 aromatic carbocycles. The highest BCUT2D eigenvalue weighted by Crippen LogP contribution is 2.38. The van der Waals surface area contributed by atoms with Crippen LogP contribution < -0.4 is 4.90 Å². The Labute approximate surface area is 183 Å². The van der Waals surface area contributed by atoms with Crippen LogP contribution in [-0.2, 0) is 21.4 Å². The number of hydrogen-bond acceptors (Lipinski definition) is 4. The number of nitrogens with zero attached hydrogens (tertiary/aromatic N) is 3. The maximum Gasteiger partial charge on any atom is 0.221 e. The molecule has 4 rings (SSSR count). The molecule has 2 aliphatic rings. The summed E-state index contributed by atoms with van der Waals surface area (Å²) in [4.78, 5) is 14.6. The third-order valence-corrected chi connectivity index (χ3v) is 8.76. The van der Waals surface area contributed by atoms with E-state index in [9.17, 15) is 17.6 Å². The largest absolute Gasteiger partial charge is 0.368 e. The predicted octanol–water partition coefficient (Wildman–Crippen LogP) is 3.16. The Morgan fingerprint density at radius 3 is 2.39 bits per heavy atom. The van der Waals surface area contributed by atoms with Gasteiger partial charge in [-0.2, -0.15) is 4.31 Å². The van der Waals surface area contributed by atoms with E-state index in [4.69, 9.17) is 0 Å². The number of carbonyl (C=O) groups excluding carboxylic acids is 1. The molecule has 1 amide bonds. The van der Waals surface area contributed by atoms with Crippen molar-refractivity contribution in [2.75, 3.05) is 31.1 Å². The summed E-state index contributed by atoms with van der Waals surface area (Å²) in [5.74, 6) is -0.403. The van der Waals surface area contributed by atoms with Crippen LogP contribution in [0.15, 0.2) is 48.5 Å². The molecule has 6 nitrogen and oxygen atoms in total. The van der Waals surface area contributed by atoms with Crippen LogP contribution in [0.25, 0.3) is 0 Å². The second-order valence-corrected chi connectivity index (χ2v) is 10.4. The van der Waals surface area contributed by atoms with Gasteiger partial charge in [-0.1, -0.05) is 36.4 Å². The Balaban J connectivity index is 1.53. The molecule has 0 radical (unpaired) electrons. The van der Waals surface area contributed by atoms with Crippen LogP contribution in [0.5, 0.6) is 0 Å². The Kier molecular flexibility index (Phi) is 6.29. The highest BCUT2D eigenvalue weighted by molar-refractivity contribution is 7.89. The smallest absolute Gasteiger partial charge is 0.221 e. The fourth-order valence-corrected chi connectivity index (χ4v) is 6.65. The number of halogens is 1. The molecule has 31 heavy (non-hydrogen) atoms. The lowest BCUT2D eigenvalue weighted by Crippen LogP contribution is -2.46. The molecule has 2 saturated heterocycles. The van der Waals surface area contributed by atoms with Crippen molar-refractivity contribution in [2.45, 2.75) is 37.6 Å². The van der Waals surface area contributed by atoms with Gasteiger partial charge in [-0.05, 0) is 37.5 Å². The zero-order valence-electron chi connectivity index (χ0n) is 17.7. The van der Waals surface area contributed by atoms with Gasteiger partial charge in [0.25, 0.3) is 0 Å². The maximum absolute atomic E-state index is 15.0. The summed E-state index contributed by atoms with van der Waals surface area (Å²) in [6, 6.07) is 14.1. The first-order chi connectivity index (χ1) is 14.9. The molecule has 0 bridgehead atoms. The minimum Gasteiger partial charge on any atom is -0.368 e. The van der Waals surface area contributed by atoms with Gasteiger partial charge in [0.05, 0.1) is 0 Å². The molecular formula is C23H28FN3O3S. The zero-order chi connectivity index (χ0) is 22.0. The third kappa shape index (κ3) is 4.45. The number of amides is 1. The average molecular weight is 446 g/mol. The van der Waals surface area contributed by atoms with Crippen LogP contribution in [0.4, 0.5) is 10.1 Å². The molecule has 1 unspecified atom stereocenters. The van der Waals surface area contributed by atoms with E-state index in [0.717, 1.165) is 24.1 Å². The van der Waals surface area contributed by atoms with Crippen molar-refractivity contribution < 1.29 is 17.6 Å². The van der Waals surface area contributed by atoms with Crippen LogP contribution in [-0.4, -0.2) is 56.3 Å². The lowest BCUT2D eigenvalue weighted by molar-refractivity contribution is -0.118. The first-order valence-corrected chi connectivity index (χ1v) is 12.2. The number of carbonyl (C=O) groups is 1. The minimum absolute atomic E-state index is 0.0257. The summed E-state index contributed by atoms with van der Waals surface area (Å²) in [5.41, 5.74) is 1.91. The highest BCUT2D eigenvalue weighted by atomic mass is 32.2. The van der Waals surface area contributed by atoms with E-state index in [2.05, 4.69) is 0 Å². The fourth-order valence-electron chi connectivity index (χ4n) is 4.47. The third-order valence-electron chi connectivity index (χ3n) is 6.39. The Morgan fingerprint density at radius 1 is 1.03 bits per heavy atom. The number of benzene rings is 2. The van der Waals surface area contributed by atoms with E-state index < -0.39 is 21.1 Å². The average Bonchev–Trinajstić information content (AvgIpc) is 2.78. The second kappa shape index (κ2) is 8.96. The van der Waals surface area contributed by atoms with Crippen molar-refractivity contribution in [1.82, 2.24) is 9.21 Å². The molecule has 2 atom stereocenters. The molecule has 166 valence electrons. The summed E-state index contributed by atoms with van der Waals surface area (Å²) in [6.07, 6.45) is 2.14. The highest BCUT2D eigenvalue weighted by Gasteiger charge is 2.40. The van der Waals surface area contributed by atoms with Crippen LogP contribution >= 0.6 is 0 Å². The van der Waals surface area contributed by atoms with E-state index in [1.165, 1.54) is 10.4 Å². The van der Waals surface area contributed by atoms with Gasteiger partial charge in [0.2, 0.25) is 16.4 Å². The molecular weight excluding hydrogens is 417 g/mol. The van der Waals surface area contributed by atoms with Gasteiger partial charge < -0.3 is 9.80 Å². The normalized spacial score (nSPS) is 24.2. The van der Waals surface area contributed by atoms with Gasteiger partial charge in [0.15, 0.2) is 0 Å². The van der Waals surface area contributed by atoms with Crippen molar-refractivity contribution >= 4 is 22.1 Å². The van der Waals surface area contributed by atoms with Crippen molar-refractivity contribution in [2.24, 2.45) is 0 Å². The van der Waals surface area contributed by atoms with Crippen molar-refractivity contribution in [1.29, 1.82) is 0 Å². The molecule has 2 fully saturated rings. The molecule has 2 aliphatic heterocycles. The summed E-state index contributed by atoms with van der Waals surface area (Å²) < 4.78 is 43.2. The molecule has 0 aliphatic carbocycles. The summed E-state index contributed by atoms with van der Waals surface area (Å²) in [6.45, 7) is 4.42. The van der Waals surface area contributed by atoms with Gasteiger partial charge in [0.1, 0.15) is 11.1 Å². The second-order valence-electron chi connectivity index (χ2n) is 8.32. The van der Waals surface area contributed by atoms with Crippen LogP contribution in [0.1, 0.15) is 36.1 Å². The topological polar surface area (TPSA) is 60.9 Å². The van der Waals surface area contributed by atoms with Gasteiger partial charge in [-0.25, -0.2) is 12.8 Å². The van der Waals surface area contributed by atoms with E-state index >= 15 is 0 Å². The summed E-state index contributed by atoms with van der Waals surface area (Å²) in [5, 5.41) is -0.596. The number of rotatable bonds is 5. The van der Waals surface area contributed by atoms with Gasteiger partial charge in [-0.3, -0.25) is 4.79 Å². The lowest BCUT2D eigenvalue weighted by atomic mass is 10.0. The molecule has 0 N–H and O–H groups in total. The van der Waals surface area contributed by atoms with E-state index in [1.807, 2.05) is 48.2 Å². The maximum atomic E-state index is 15.0. The summed E-state index contributed by atoms with van der Waals surface area (Å²) >= 11 is 0. The molecule has 0 aromatic heterocycles. The van der Waals surface area contributed by atoms with Gasteiger partial charge in [0, 0.05) is 50.0 Å². The van der Waals surface area contributed by atoms with Crippen LogP contribution in [0, 0.1) is 5.82 Å². The molecule has 2 aromatic rings. The predicted molar refractivity (Wildman–Crippen MR) is 119 cm³/mol. The van der Waals surface area contributed by atoms with Crippen LogP contribution in [0.2, 0.25) is 0 Å². The summed E-state index contributed by atoms with van der Waals surface area (Å²) in [7, 11) is -3.60. The SMILES string of the molecule is C[C@H]1CCC(c2ccccc2)S(=O)(=O)N1Cc1ccc(N2CCN(C=O)CC2)cc1F. The Morgan fingerprint density at radius 2 is 1.74 bits per heavy atom. The molecule has 0 spiro atoms. The van der Waals surface area contributed by atoms with Gasteiger partial charge >= 0.3 is 0 Å². The first kappa shape index (κ1) is 21.8. The molecule has 8 heteroatoms. The quantitative estimate of drug-likeness (QED) is 0.664. The van der Waals surface area contributed by atoms with E-state index in [1.54, 1.807) is 11.0 Å². The van der Waals surface area contributed by atoms with E-state index in [-0.39, 0.29) is 12.6 Å².